The largest absolute Gasteiger partial charge is 0.484 e. The van der Waals surface area contributed by atoms with Gasteiger partial charge >= 0.3 is 0 Å². The average Bonchev–Trinajstić information content (AvgIpc) is 2.91. The second-order valence-corrected chi connectivity index (χ2v) is 5.37. The van der Waals surface area contributed by atoms with Gasteiger partial charge < -0.3 is 25.4 Å². The summed E-state index contributed by atoms with van der Waals surface area (Å²) in [5.74, 6) is 2.29. The quantitative estimate of drug-likeness (QED) is 0.818. The topological polar surface area (TPSA) is 85.5 Å². The highest BCUT2D eigenvalue weighted by molar-refractivity contribution is 5.66. The third-order valence-electron chi connectivity index (χ3n) is 3.98. The molecule has 0 bridgehead atoms. The van der Waals surface area contributed by atoms with Gasteiger partial charge in [0.05, 0.1) is 12.1 Å². The zero-order valence-electron chi connectivity index (χ0n) is 11.9. The lowest BCUT2D eigenvalue weighted by atomic mass is 10.1. The summed E-state index contributed by atoms with van der Waals surface area (Å²) in [6, 6.07) is 0.300. The molecule has 0 radical (unpaired) electrons. The lowest BCUT2D eigenvalue weighted by molar-refractivity contribution is 0.0804. The van der Waals surface area contributed by atoms with Gasteiger partial charge in [-0.05, 0) is 13.3 Å². The van der Waals surface area contributed by atoms with Gasteiger partial charge in [-0.1, -0.05) is 0 Å². The number of aromatic nitrogens is 2. The zero-order chi connectivity index (χ0) is 14.1. The maximum Gasteiger partial charge on any atom is 0.204 e. The van der Waals surface area contributed by atoms with Crippen LogP contribution < -0.4 is 20.7 Å². The summed E-state index contributed by atoms with van der Waals surface area (Å²) in [7, 11) is 1.69. The monoisotopic (exact) mass is 279 g/mol. The Kier molecular flexibility index (Phi) is 3.62. The van der Waals surface area contributed by atoms with Crippen LogP contribution in [0.2, 0.25) is 0 Å². The summed E-state index contributed by atoms with van der Waals surface area (Å²) < 4.78 is 11.2. The first-order valence-corrected chi connectivity index (χ1v) is 6.96. The standard InChI is InChI=1S/C13H21N5O2/c1-8(19-2)10-6-20-11-12(17-10)15-7-16-13(11)18-4-3-9(14)5-18/h7-10H,3-6,14H2,1-2H3,(H,15,16,17)/t8?,9-,10+/m1/s1. The number of hydrogen-bond acceptors (Lipinski definition) is 7. The van der Waals surface area contributed by atoms with Crippen LogP contribution in [0, 0.1) is 0 Å². The minimum absolute atomic E-state index is 0.0572. The Hall–Kier alpha value is -1.60. The van der Waals surface area contributed by atoms with Gasteiger partial charge in [-0.25, -0.2) is 9.97 Å². The smallest absolute Gasteiger partial charge is 0.204 e. The minimum Gasteiger partial charge on any atom is -0.484 e. The molecule has 1 aromatic heterocycles. The van der Waals surface area contributed by atoms with E-state index in [0.717, 1.165) is 36.9 Å². The third-order valence-corrected chi connectivity index (χ3v) is 3.98. The van der Waals surface area contributed by atoms with Gasteiger partial charge in [-0.3, -0.25) is 0 Å². The van der Waals surface area contributed by atoms with Crippen molar-refractivity contribution in [1.82, 2.24) is 9.97 Å². The first-order valence-electron chi connectivity index (χ1n) is 6.96. The van der Waals surface area contributed by atoms with Crippen molar-refractivity contribution in [3.63, 3.8) is 0 Å². The van der Waals surface area contributed by atoms with E-state index in [9.17, 15) is 0 Å². The van der Waals surface area contributed by atoms with E-state index in [0.29, 0.717) is 6.61 Å². The molecule has 3 heterocycles. The van der Waals surface area contributed by atoms with E-state index in [4.69, 9.17) is 15.2 Å². The first kappa shape index (κ1) is 13.4. The second kappa shape index (κ2) is 5.41. The maximum atomic E-state index is 5.96. The lowest BCUT2D eigenvalue weighted by Crippen LogP contribution is -2.41. The van der Waals surface area contributed by atoms with E-state index in [1.807, 2.05) is 6.92 Å². The number of methoxy groups -OCH3 is 1. The van der Waals surface area contributed by atoms with E-state index in [1.165, 1.54) is 0 Å². The summed E-state index contributed by atoms with van der Waals surface area (Å²) in [6.07, 6.45) is 2.60. The SMILES string of the molecule is COC(C)[C@@H]1COc2c(ncnc2N2CC[C@@H](N)C2)N1. The number of nitrogens with zero attached hydrogens (tertiary/aromatic N) is 3. The molecule has 0 aliphatic carbocycles. The molecule has 0 saturated carbocycles. The van der Waals surface area contributed by atoms with Gasteiger partial charge in [-0.2, -0.15) is 0 Å². The molecule has 3 N–H and O–H groups in total. The molecule has 0 spiro atoms. The van der Waals surface area contributed by atoms with E-state index in [2.05, 4.69) is 20.2 Å². The number of fused-ring (bicyclic) bond motifs is 1. The summed E-state index contributed by atoms with van der Waals surface area (Å²) in [4.78, 5) is 10.8. The van der Waals surface area contributed by atoms with Crippen LogP contribution in [0.5, 0.6) is 5.75 Å². The van der Waals surface area contributed by atoms with Gasteiger partial charge in [-0.15, -0.1) is 0 Å². The summed E-state index contributed by atoms with van der Waals surface area (Å²) in [5, 5.41) is 3.36. The average molecular weight is 279 g/mol. The highest BCUT2D eigenvalue weighted by Crippen LogP contribution is 2.36. The van der Waals surface area contributed by atoms with E-state index in [-0.39, 0.29) is 18.2 Å². The van der Waals surface area contributed by atoms with Crippen molar-refractivity contribution < 1.29 is 9.47 Å². The van der Waals surface area contributed by atoms with Crippen molar-refractivity contribution in [2.24, 2.45) is 5.73 Å². The molecule has 1 saturated heterocycles. The number of rotatable bonds is 3. The highest BCUT2D eigenvalue weighted by atomic mass is 16.5. The number of nitrogens with two attached hydrogens (primary N) is 1. The van der Waals surface area contributed by atoms with Crippen LogP contribution in [0.15, 0.2) is 6.33 Å². The number of hydrogen-bond donors (Lipinski definition) is 2. The molecule has 3 rings (SSSR count). The Morgan fingerprint density at radius 3 is 3.10 bits per heavy atom. The Balaban J connectivity index is 1.83. The van der Waals surface area contributed by atoms with E-state index in [1.54, 1.807) is 13.4 Å². The summed E-state index contributed by atoms with van der Waals surface area (Å²) in [6.45, 7) is 4.27. The van der Waals surface area contributed by atoms with Crippen LogP contribution in [-0.4, -0.2) is 55.0 Å². The Labute approximate surface area is 118 Å². The molecule has 7 nitrogen and oxygen atoms in total. The molecule has 1 fully saturated rings. The number of nitrogens with one attached hydrogen (secondary N) is 1. The van der Waals surface area contributed by atoms with Gasteiger partial charge in [0.25, 0.3) is 0 Å². The van der Waals surface area contributed by atoms with Crippen LogP contribution in [0.4, 0.5) is 11.6 Å². The van der Waals surface area contributed by atoms with Gasteiger partial charge in [0, 0.05) is 26.2 Å². The molecule has 1 unspecified atom stereocenters. The summed E-state index contributed by atoms with van der Waals surface area (Å²) >= 11 is 0. The zero-order valence-corrected chi connectivity index (χ0v) is 11.9. The fourth-order valence-electron chi connectivity index (χ4n) is 2.61. The Bertz CT molecular complexity index is 484. The molecule has 20 heavy (non-hydrogen) atoms. The molecule has 2 aliphatic rings. The number of anilines is 2. The maximum absolute atomic E-state index is 5.96. The molecule has 3 atom stereocenters. The fourth-order valence-corrected chi connectivity index (χ4v) is 2.61. The second-order valence-electron chi connectivity index (χ2n) is 5.37. The van der Waals surface area contributed by atoms with Crippen LogP contribution in [0.1, 0.15) is 13.3 Å². The summed E-state index contributed by atoms with van der Waals surface area (Å²) in [5.41, 5.74) is 5.96. The van der Waals surface area contributed by atoms with Gasteiger partial charge in [0.2, 0.25) is 5.75 Å². The van der Waals surface area contributed by atoms with Crippen molar-refractivity contribution in [2.45, 2.75) is 31.5 Å². The predicted octanol–water partition coefficient (Wildman–Crippen LogP) is 0.222. The Morgan fingerprint density at radius 2 is 2.40 bits per heavy atom. The van der Waals surface area contributed by atoms with Crippen molar-refractivity contribution in [1.29, 1.82) is 0 Å². The molecular formula is C13H21N5O2. The van der Waals surface area contributed by atoms with E-state index >= 15 is 0 Å². The number of ether oxygens (including phenoxy) is 2. The third kappa shape index (κ3) is 2.38. The molecule has 0 aromatic carbocycles. The minimum atomic E-state index is 0.0572. The van der Waals surface area contributed by atoms with Crippen molar-refractivity contribution >= 4 is 11.6 Å². The normalized spacial score (nSPS) is 26.6. The molecule has 7 heteroatoms. The van der Waals surface area contributed by atoms with Crippen molar-refractivity contribution in [3.8, 4) is 5.75 Å². The van der Waals surface area contributed by atoms with Crippen LogP contribution in [-0.2, 0) is 4.74 Å². The molecule has 2 aliphatic heterocycles. The highest BCUT2D eigenvalue weighted by Gasteiger charge is 2.30. The van der Waals surface area contributed by atoms with Crippen LogP contribution in [0.3, 0.4) is 0 Å². The van der Waals surface area contributed by atoms with Gasteiger partial charge in [0.15, 0.2) is 11.6 Å². The lowest BCUT2D eigenvalue weighted by Gasteiger charge is -2.31. The molecular weight excluding hydrogens is 258 g/mol. The molecule has 110 valence electrons. The van der Waals surface area contributed by atoms with Crippen LogP contribution >= 0.6 is 0 Å². The molecule has 1 aromatic rings. The molecule has 0 amide bonds. The van der Waals surface area contributed by atoms with Crippen molar-refractivity contribution in [3.05, 3.63) is 6.33 Å². The first-order chi connectivity index (χ1) is 9.69. The van der Waals surface area contributed by atoms with E-state index < -0.39 is 0 Å². The van der Waals surface area contributed by atoms with Crippen molar-refractivity contribution in [2.75, 3.05) is 37.0 Å². The van der Waals surface area contributed by atoms with Gasteiger partial charge in [0.1, 0.15) is 12.9 Å². The Morgan fingerprint density at radius 1 is 1.55 bits per heavy atom. The van der Waals surface area contributed by atoms with Crippen LogP contribution in [0.25, 0.3) is 0 Å². The fraction of sp³-hybridized carbons (Fsp3) is 0.692. The predicted molar refractivity (Wildman–Crippen MR) is 76.2 cm³/mol.